The van der Waals surface area contributed by atoms with Crippen LogP contribution >= 0.6 is 0 Å². The van der Waals surface area contributed by atoms with Crippen LogP contribution in [-0.4, -0.2) is 11.7 Å². The molecule has 0 amide bonds. The highest BCUT2D eigenvalue weighted by atomic mass is 32.2. The van der Waals surface area contributed by atoms with Gasteiger partial charge in [-0.3, -0.25) is 0 Å². The number of carbonyl (C=O) groups excluding carboxylic acids is 1. The number of aliphatic carboxylic acids is 1. The SMILES string of the molecule is O=C([O-])C[S+]1C=CC=CN1. The second-order valence-corrected chi connectivity index (χ2v) is 3.40. The largest absolute Gasteiger partial charge is 0.545 e. The molecule has 0 fully saturated rings. The predicted octanol–water partition coefficient (Wildman–Crippen LogP) is -1.10. The molecule has 0 bridgehead atoms. The summed E-state index contributed by atoms with van der Waals surface area (Å²) in [6.07, 6.45) is 5.37. The maximum absolute atomic E-state index is 10.1. The fourth-order valence-corrected chi connectivity index (χ4v) is 1.62. The summed E-state index contributed by atoms with van der Waals surface area (Å²) in [7, 11) is 0. The molecule has 0 aromatic heterocycles. The molecule has 0 radical (unpaired) electrons. The molecule has 1 unspecified atom stereocenters. The molecule has 0 saturated heterocycles. The Balaban J connectivity index is 2.37. The van der Waals surface area contributed by atoms with Crippen LogP contribution in [0, 0.1) is 0 Å². The van der Waals surface area contributed by atoms with E-state index in [0.29, 0.717) is 0 Å². The van der Waals surface area contributed by atoms with Crippen LogP contribution in [0.2, 0.25) is 0 Å². The fraction of sp³-hybridized carbons (Fsp3) is 0.167. The monoisotopic (exact) mass is 157 g/mol. The highest BCUT2D eigenvalue weighted by molar-refractivity contribution is 7.98. The third kappa shape index (κ3) is 2.14. The number of hydrogen-bond donors (Lipinski definition) is 1. The van der Waals surface area contributed by atoms with Crippen LogP contribution in [0.4, 0.5) is 0 Å². The molecule has 1 heterocycles. The fourth-order valence-electron chi connectivity index (χ4n) is 0.578. The van der Waals surface area contributed by atoms with Gasteiger partial charge >= 0.3 is 0 Å². The van der Waals surface area contributed by atoms with Crippen molar-refractivity contribution in [1.82, 2.24) is 4.72 Å². The zero-order valence-corrected chi connectivity index (χ0v) is 6.06. The van der Waals surface area contributed by atoms with Gasteiger partial charge in [0.1, 0.15) is 16.5 Å². The highest BCUT2D eigenvalue weighted by Crippen LogP contribution is 1.98. The van der Waals surface area contributed by atoms with Crippen molar-refractivity contribution in [1.29, 1.82) is 0 Å². The molecule has 0 aliphatic carbocycles. The summed E-state index contributed by atoms with van der Waals surface area (Å²) in [4.78, 5) is 10.1. The zero-order valence-electron chi connectivity index (χ0n) is 5.24. The summed E-state index contributed by atoms with van der Waals surface area (Å²) >= 11 is -0.354. The van der Waals surface area contributed by atoms with Crippen molar-refractivity contribution in [3.8, 4) is 0 Å². The van der Waals surface area contributed by atoms with Crippen molar-refractivity contribution < 1.29 is 9.90 Å². The number of hydrogen-bond acceptors (Lipinski definition) is 3. The van der Waals surface area contributed by atoms with Gasteiger partial charge in [0.25, 0.3) is 0 Å². The molecule has 0 saturated carbocycles. The maximum atomic E-state index is 10.1. The van der Waals surface area contributed by atoms with E-state index >= 15 is 0 Å². The Kier molecular flexibility index (Phi) is 2.39. The first kappa shape index (κ1) is 7.21. The van der Waals surface area contributed by atoms with Crippen LogP contribution in [0.15, 0.2) is 23.8 Å². The van der Waals surface area contributed by atoms with E-state index < -0.39 is 5.97 Å². The number of carboxylic acids is 1. The van der Waals surface area contributed by atoms with E-state index in [1.165, 1.54) is 0 Å². The summed E-state index contributed by atoms with van der Waals surface area (Å²) in [5.41, 5.74) is 0. The molecule has 4 heteroatoms. The third-order valence-electron chi connectivity index (χ3n) is 0.943. The molecular weight excluding hydrogens is 150 g/mol. The molecule has 1 N–H and O–H groups in total. The Morgan fingerprint density at radius 1 is 1.60 bits per heavy atom. The molecule has 54 valence electrons. The van der Waals surface area contributed by atoms with Gasteiger partial charge in [-0.1, -0.05) is 0 Å². The smallest absolute Gasteiger partial charge is 0.177 e. The van der Waals surface area contributed by atoms with Gasteiger partial charge in [0, 0.05) is 6.20 Å². The first-order valence-corrected chi connectivity index (χ1v) is 4.24. The van der Waals surface area contributed by atoms with Crippen molar-refractivity contribution in [3.63, 3.8) is 0 Å². The van der Waals surface area contributed by atoms with E-state index in [0.717, 1.165) is 0 Å². The Labute approximate surface area is 61.9 Å². The first-order chi connectivity index (χ1) is 4.79. The number of carboxylic acid groups (broad SMARTS) is 1. The summed E-state index contributed by atoms with van der Waals surface area (Å²) in [5, 5.41) is 11.9. The minimum Gasteiger partial charge on any atom is -0.545 e. The predicted molar refractivity (Wildman–Crippen MR) is 38.7 cm³/mol. The molecule has 0 aromatic rings. The van der Waals surface area contributed by atoms with Crippen LogP contribution in [-0.2, 0) is 15.9 Å². The number of rotatable bonds is 2. The highest BCUT2D eigenvalue weighted by Gasteiger charge is 2.13. The lowest BCUT2D eigenvalue weighted by molar-refractivity contribution is -0.301. The Morgan fingerprint density at radius 3 is 2.90 bits per heavy atom. The Morgan fingerprint density at radius 2 is 2.40 bits per heavy atom. The average Bonchev–Trinajstić information content (AvgIpc) is 1.88. The van der Waals surface area contributed by atoms with Gasteiger partial charge in [-0.25, -0.2) is 4.72 Å². The van der Waals surface area contributed by atoms with Crippen LogP contribution in [0.3, 0.4) is 0 Å². The summed E-state index contributed by atoms with van der Waals surface area (Å²) in [5.74, 6) is -0.961. The van der Waals surface area contributed by atoms with Gasteiger partial charge in [0.15, 0.2) is 5.75 Å². The summed E-state index contributed by atoms with van der Waals surface area (Å²) in [6, 6.07) is 0. The Bertz CT molecular complexity index is 188. The third-order valence-corrected chi connectivity index (χ3v) is 2.41. The van der Waals surface area contributed by atoms with Crippen molar-refractivity contribution in [2.45, 2.75) is 0 Å². The molecule has 1 aliphatic rings. The number of nitrogens with one attached hydrogen (secondary N) is 1. The first-order valence-electron chi connectivity index (χ1n) is 2.78. The maximum Gasteiger partial charge on any atom is 0.177 e. The molecule has 1 atom stereocenters. The van der Waals surface area contributed by atoms with Crippen LogP contribution < -0.4 is 9.83 Å². The lowest BCUT2D eigenvalue weighted by Gasteiger charge is -2.04. The van der Waals surface area contributed by atoms with E-state index in [1.54, 1.807) is 6.20 Å². The standard InChI is InChI=1S/C6H7NO2S/c8-6(9)5-10-4-2-1-3-7-10/h1-4,7H,5H2. The lowest BCUT2D eigenvalue weighted by Crippen LogP contribution is -2.34. The van der Waals surface area contributed by atoms with Gasteiger partial charge < -0.3 is 9.90 Å². The minimum atomic E-state index is -1.02. The molecule has 1 rings (SSSR count). The van der Waals surface area contributed by atoms with Gasteiger partial charge in [-0.05, 0) is 12.2 Å². The molecule has 0 aromatic carbocycles. The van der Waals surface area contributed by atoms with Crippen LogP contribution in [0.5, 0.6) is 0 Å². The van der Waals surface area contributed by atoms with Gasteiger partial charge in [0.05, 0.1) is 5.97 Å². The topological polar surface area (TPSA) is 52.2 Å². The molecule has 1 aliphatic heterocycles. The molecule has 10 heavy (non-hydrogen) atoms. The molecule has 0 spiro atoms. The second-order valence-electron chi connectivity index (χ2n) is 1.75. The van der Waals surface area contributed by atoms with Gasteiger partial charge in [-0.15, -0.1) is 0 Å². The van der Waals surface area contributed by atoms with Crippen molar-refractivity contribution >= 4 is 17.1 Å². The van der Waals surface area contributed by atoms with E-state index in [-0.39, 0.29) is 16.8 Å². The van der Waals surface area contributed by atoms with Crippen molar-refractivity contribution in [2.24, 2.45) is 0 Å². The summed E-state index contributed by atoms with van der Waals surface area (Å²) in [6.45, 7) is 0. The quantitative estimate of drug-likeness (QED) is 0.518. The Hall–Kier alpha value is -0.900. The van der Waals surface area contributed by atoms with E-state index in [1.807, 2.05) is 17.6 Å². The molecule has 3 nitrogen and oxygen atoms in total. The zero-order chi connectivity index (χ0) is 7.40. The summed E-state index contributed by atoms with van der Waals surface area (Å²) < 4.78 is 2.89. The second kappa shape index (κ2) is 3.31. The van der Waals surface area contributed by atoms with Crippen molar-refractivity contribution in [2.75, 3.05) is 5.75 Å². The minimum absolute atomic E-state index is 0.0564. The number of carbonyl (C=O) groups is 1. The van der Waals surface area contributed by atoms with Crippen LogP contribution in [0.25, 0.3) is 0 Å². The van der Waals surface area contributed by atoms with Crippen molar-refractivity contribution in [3.05, 3.63) is 23.8 Å². The lowest BCUT2D eigenvalue weighted by atomic mass is 10.6. The van der Waals surface area contributed by atoms with Gasteiger partial charge in [-0.2, -0.15) is 0 Å². The van der Waals surface area contributed by atoms with Gasteiger partial charge in [0.2, 0.25) is 0 Å². The van der Waals surface area contributed by atoms with E-state index in [4.69, 9.17) is 0 Å². The normalized spacial score (nSPS) is 22.2. The van der Waals surface area contributed by atoms with Crippen LogP contribution in [0.1, 0.15) is 0 Å². The number of allylic oxidation sites excluding steroid dienone is 2. The van der Waals surface area contributed by atoms with E-state index in [2.05, 4.69) is 4.72 Å². The molecular formula is C6H7NO2S. The van der Waals surface area contributed by atoms with E-state index in [9.17, 15) is 9.90 Å². The average molecular weight is 157 g/mol.